The molecule has 5 atom stereocenters. The van der Waals surface area contributed by atoms with Crippen LogP contribution in [0.2, 0.25) is 0 Å². The molecule has 18 heteroatoms. The van der Waals surface area contributed by atoms with Crippen LogP contribution in [0.4, 0.5) is 0 Å². The molecule has 0 saturated heterocycles. The lowest BCUT2D eigenvalue weighted by Crippen LogP contribution is -2.30. The van der Waals surface area contributed by atoms with Crippen molar-refractivity contribution in [2.75, 3.05) is 39.6 Å². The maximum atomic E-state index is 12.9. The first kappa shape index (κ1) is 97.2. The highest BCUT2D eigenvalue weighted by atomic mass is 31.2. The molecular weight excluding hydrogens is 1310 g/mol. The van der Waals surface area contributed by atoms with Crippen LogP contribution >= 0.6 is 15.6 Å². The molecule has 5 unspecified atom stereocenters. The third-order valence-corrected chi connectivity index (χ3v) is 18.8. The number of carbonyl (C=O) groups excluding carboxylic acids is 3. The Morgan fingerprint density at radius 3 is 0.812 bits per heavy atom. The number of allylic oxidation sites excluding steroid dienone is 18. The summed E-state index contributed by atoms with van der Waals surface area (Å²) in [5.41, 5.74) is 0. The number of esters is 3. The summed E-state index contributed by atoms with van der Waals surface area (Å²) in [6, 6.07) is 0. The van der Waals surface area contributed by atoms with Crippen molar-refractivity contribution in [3.05, 3.63) is 109 Å². The Hall–Kier alpha value is -3.79. The summed E-state index contributed by atoms with van der Waals surface area (Å²) in [4.78, 5) is 58.6. The summed E-state index contributed by atoms with van der Waals surface area (Å²) in [6.45, 7) is 2.61. The van der Waals surface area contributed by atoms with Crippen LogP contribution in [-0.4, -0.2) is 95.9 Å². The molecule has 0 rings (SSSR count). The number of phosphoric ester groups is 2. The average molecular weight is 1460 g/mol. The molecule has 0 bridgehead atoms. The summed E-state index contributed by atoms with van der Waals surface area (Å²) in [7, 11) is -9.79. The number of ether oxygens (including phenoxy) is 3. The van der Waals surface area contributed by atoms with Gasteiger partial charge in [-0.05, 0) is 135 Å². The van der Waals surface area contributed by atoms with Crippen LogP contribution in [0, 0.1) is 0 Å². The molecule has 0 aromatic heterocycles. The molecule has 0 aliphatic heterocycles. The van der Waals surface area contributed by atoms with Gasteiger partial charge in [-0.3, -0.25) is 32.5 Å². The van der Waals surface area contributed by atoms with Gasteiger partial charge in [-0.15, -0.1) is 0 Å². The van der Waals surface area contributed by atoms with E-state index in [9.17, 15) is 43.5 Å². The fraction of sp³-hybridized carbons (Fsp3) is 0.747. The monoisotopic (exact) mass is 1460 g/mol. The van der Waals surface area contributed by atoms with E-state index in [1.165, 1.54) is 135 Å². The molecule has 0 amide bonds. The highest BCUT2D eigenvalue weighted by Gasteiger charge is 2.29. The molecular formula is C83H146O16P2. The summed E-state index contributed by atoms with van der Waals surface area (Å²) in [6.07, 6.45) is 88.5. The van der Waals surface area contributed by atoms with E-state index < -0.39 is 91.5 Å². The molecule has 0 saturated carbocycles. The van der Waals surface area contributed by atoms with Crippen LogP contribution in [0.1, 0.15) is 342 Å². The van der Waals surface area contributed by atoms with Gasteiger partial charge in [0.2, 0.25) is 0 Å². The van der Waals surface area contributed by atoms with Crippen LogP contribution < -0.4 is 0 Å². The number of carbonyl (C=O) groups is 3. The highest BCUT2D eigenvalue weighted by molar-refractivity contribution is 7.47. The zero-order chi connectivity index (χ0) is 73.7. The van der Waals surface area contributed by atoms with E-state index >= 15 is 0 Å². The second-order valence-corrected chi connectivity index (χ2v) is 29.8. The maximum Gasteiger partial charge on any atom is 0.472 e. The Kier molecular flexibility index (Phi) is 73.0. The molecule has 0 fully saturated rings. The van der Waals surface area contributed by atoms with E-state index in [1.54, 1.807) is 0 Å². The molecule has 16 nitrogen and oxygen atoms in total. The van der Waals surface area contributed by atoms with Crippen molar-refractivity contribution >= 4 is 33.6 Å². The quantitative estimate of drug-likeness (QED) is 0.0146. The van der Waals surface area contributed by atoms with Gasteiger partial charge in [0.05, 0.1) is 26.4 Å². The minimum absolute atomic E-state index is 0.0915. The fourth-order valence-corrected chi connectivity index (χ4v) is 12.4. The van der Waals surface area contributed by atoms with E-state index in [2.05, 4.69) is 130 Å². The molecule has 0 radical (unpaired) electrons. The van der Waals surface area contributed by atoms with Crippen molar-refractivity contribution in [1.82, 2.24) is 0 Å². The van der Waals surface area contributed by atoms with E-state index in [4.69, 9.17) is 32.3 Å². The third kappa shape index (κ3) is 77.1. The maximum absolute atomic E-state index is 12.9. The number of aliphatic hydroxyl groups excluding tert-OH is 2. The second kappa shape index (κ2) is 75.9. The minimum Gasteiger partial charge on any atom is -0.463 e. The Morgan fingerprint density at radius 2 is 0.495 bits per heavy atom. The van der Waals surface area contributed by atoms with Crippen molar-refractivity contribution < 1.29 is 75.8 Å². The SMILES string of the molecule is CCCCC/C=C\C/C=C\C/C=C\C/C=C\CCCCCCCCCCCCCCCC(=O)OCC(O)COP(=O)(O)OCC(O)COP(=O)(O)OCC(COC(=O)CCCCCCCCC/C=C\C/C=C\C/C=C\C/C=C\CCCCC)OC(=O)CCCCCCC/C=C\CCCCCC. The van der Waals surface area contributed by atoms with Crippen molar-refractivity contribution in [2.24, 2.45) is 0 Å². The first-order chi connectivity index (χ1) is 49.2. The normalized spacial score (nSPS) is 14.6. The molecule has 0 aliphatic carbocycles. The zero-order valence-corrected chi connectivity index (χ0v) is 65.6. The molecule has 0 aliphatic rings. The summed E-state index contributed by atoms with van der Waals surface area (Å²) in [5, 5.41) is 20.6. The lowest BCUT2D eigenvalue weighted by Gasteiger charge is -2.21. The molecule has 0 aromatic rings. The number of rotatable bonds is 76. The van der Waals surface area contributed by atoms with E-state index in [1.807, 2.05) is 0 Å². The predicted octanol–water partition coefficient (Wildman–Crippen LogP) is 23.5. The fourth-order valence-electron chi connectivity index (χ4n) is 10.8. The van der Waals surface area contributed by atoms with Gasteiger partial charge in [0.25, 0.3) is 0 Å². The number of unbranched alkanes of at least 4 members (excludes halogenated alkanes) is 35. The van der Waals surface area contributed by atoms with Gasteiger partial charge < -0.3 is 34.2 Å². The van der Waals surface area contributed by atoms with Gasteiger partial charge >= 0.3 is 33.6 Å². The molecule has 101 heavy (non-hydrogen) atoms. The third-order valence-electron chi connectivity index (χ3n) is 16.9. The van der Waals surface area contributed by atoms with Gasteiger partial charge in [0.1, 0.15) is 25.4 Å². The number of hydrogen-bond acceptors (Lipinski definition) is 14. The first-order valence-corrected chi connectivity index (χ1v) is 43.2. The van der Waals surface area contributed by atoms with Crippen LogP contribution in [0.15, 0.2) is 109 Å². The van der Waals surface area contributed by atoms with Crippen molar-refractivity contribution in [1.29, 1.82) is 0 Å². The minimum atomic E-state index is -4.93. The van der Waals surface area contributed by atoms with E-state index in [0.29, 0.717) is 19.3 Å². The Labute approximate surface area is 615 Å². The Balaban J connectivity index is 4.50. The highest BCUT2D eigenvalue weighted by Crippen LogP contribution is 2.45. The Morgan fingerprint density at radius 1 is 0.277 bits per heavy atom. The molecule has 0 heterocycles. The topological polar surface area (TPSA) is 231 Å². The number of hydrogen-bond donors (Lipinski definition) is 4. The van der Waals surface area contributed by atoms with Crippen LogP contribution in [-0.2, 0) is 55.8 Å². The molecule has 584 valence electrons. The van der Waals surface area contributed by atoms with Crippen LogP contribution in [0.25, 0.3) is 0 Å². The lowest BCUT2D eigenvalue weighted by molar-refractivity contribution is -0.161. The standard InChI is InChI=1S/C83H146O16P2/c1-4-7-10-13-16-19-22-25-27-29-31-33-35-36-37-38-39-40-42-44-45-47-49-52-54-57-60-63-66-69-81(86)93-72-78(84)73-95-100(89,90)96-74-79(85)75-97-101(91,92)98-77-80(99-83(88)71-68-65-62-59-56-51-24-21-18-15-12-9-6-3)76-94-82(87)70-67-64-61-58-55-53-50-48-46-43-41-34-32-30-28-26-23-20-17-14-11-8-5-2/h16-17,19-21,24-28,31-34,36-37,43,46,78-80,84-85H,4-15,18,22-23,29-30,35,38-42,44-45,47-77H2,1-3H3,(H,89,90)(H,91,92)/b19-16-,20-17-,24-21-,27-25-,28-26-,33-31-,34-32-,37-36-,46-43-. The van der Waals surface area contributed by atoms with Gasteiger partial charge in [-0.25, -0.2) is 9.13 Å². The van der Waals surface area contributed by atoms with E-state index in [-0.39, 0.29) is 19.3 Å². The number of aliphatic hydroxyl groups is 2. The van der Waals surface area contributed by atoms with Gasteiger partial charge in [0.15, 0.2) is 6.10 Å². The molecule has 0 spiro atoms. The summed E-state index contributed by atoms with van der Waals surface area (Å²) in [5.74, 6) is -1.59. The van der Waals surface area contributed by atoms with Crippen LogP contribution in [0.5, 0.6) is 0 Å². The smallest absolute Gasteiger partial charge is 0.463 e. The first-order valence-electron chi connectivity index (χ1n) is 40.2. The van der Waals surface area contributed by atoms with Crippen LogP contribution in [0.3, 0.4) is 0 Å². The lowest BCUT2D eigenvalue weighted by atomic mass is 10.0. The van der Waals surface area contributed by atoms with Crippen molar-refractivity contribution in [3.63, 3.8) is 0 Å². The van der Waals surface area contributed by atoms with Crippen molar-refractivity contribution in [2.45, 2.75) is 360 Å². The van der Waals surface area contributed by atoms with E-state index in [0.717, 1.165) is 148 Å². The number of phosphoric acid groups is 2. The van der Waals surface area contributed by atoms with Gasteiger partial charge in [-0.2, -0.15) is 0 Å². The summed E-state index contributed by atoms with van der Waals surface area (Å²) >= 11 is 0. The molecule has 4 N–H and O–H groups in total. The summed E-state index contributed by atoms with van der Waals surface area (Å²) < 4.78 is 61.1. The Bertz CT molecular complexity index is 2270. The molecule has 0 aromatic carbocycles. The van der Waals surface area contributed by atoms with Gasteiger partial charge in [-0.1, -0.05) is 297 Å². The zero-order valence-electron chi connectivity index (χ0n) is 63.8. The average Bonchev–Trinajstić information content (AvgIpc) is 0.933. The second-order valence-electron chi connectivity index (χ2n) is 26.9. The predicted molar refractivity (Wildman–Crippen MR) is 417 cm³/mol. The van der Waals surface area contributed by atoms with Gasteiger partial charge in [0, 0.05) is 19.3 Å². The van der Waals surface area contributed by atoms with Crippen molar-refractivity contribution in [3.8, 4) is 0 Å². The largest absolute Gasteiger partial charge is 0.472 e.